The summed E-state index contributed by atoms with van der Waals surface area (Å²) in [7, 11) is 0. The Hall–Kier alpha value is -4.57. The number of ether oxygens (including phenoxy) is 1. The minimum atomic E-state index is -0.478. The lowest BCUT2D eigenvalue weighted by atomic mass is 10.0. The van der Waals surface area contributed by atoms with Crippen LogP contribution in [0.4, 0.5) is 21.8 Å². The fourth-order valence-electron chi connectivity index (χ4n) is 4.20. The van der Waals surface area contributed by atoms with Crippen molar-refractivity contribution in [1.29, 1.82) is 0 Å². The van der Waals surface area contributed by atoms with Crippen LogP contribution in [0.1, 0.15) is 20.8 Å². The number of nitrogens with zero attached hydrogens (tertiary/aromatic N) is 5. The average molecular weight is 544 g/mol. The number of hydrogen-bond donors (Lipinski definition) is 3. The largest absolute Gasteiger partial charge is 0.508 e. The van der Waals surface area contributed by atoms with E-state index in [4.69, 9.17) is 4.74 Å². The Kier molecular flexibility index (Phi) is 9.58. The molecule has 2 heterocycles. The van der Waals surface area contributed by atoms with Gasteiger partial charge in [0.1, 0.15) is 5.75 Å². The molecule has 1 aromatic heterocycles. The van der Waals surface area contributed by atoms with Gasteiger partial charge in [-0.25, -0.2) is 9.37 Å². The van der Waals surface area contributed by atoms with Gasteiger partial charge < -0.3 is 20.2 Å². The van der Waals surface area contributed by atoms with E-state index >= 15 is 0 Å². The molecule has 1 aliphatic rings. The quantitative estimate of drug-likeness (QED) is 0.172. The van der Waals surface area contributed by atoms with Gasteiger partial charge in [-0.3, -0.25) is 15.4 Å². The third-order valence-electron chi connectivity index (χ3n) is 6.30. The average Bonchev–Trinajstić information content (AvgIpc) is 2.96. The van der Waals surface area contributed by atoms with Crippen molar-refractivity contribution in [2.24, 2.45) is 15.9 Å². The van der Waals surface area contributed by atoms with Gasteiger partial charge in [-0.2, -0.15) is 4.98 Å². The van der Waals surface area contributed by atoms with Crippen LogP contribution in [-0.4, -0.2) is 52.8 Å². The number of hydrogen-bond acceptors (Lipinski definition) is 9. The maximum Gasteiger partial charge on any atom is 0.243 e. The summed E-state index contributed by atoms with van der Waals surface area (Å²) < 4.78 is 20.2. The second-order valence-electron chi connectivity index (χ2n) is 9.60. The molecule has 0 amide bonds. The lowest BCUT2D eigenvalue weighted by Gasteiger charge is -2.38. The maximum absolute atomic E-state index is 14.6. The van der Waals surface area contributed by atoms with Crippen LogP contribution in [0.15, 0.2) is 89.3 Å². The summed E-state index contributed by atoms with van der Waals surface area (Å²) in [5, 5.41) is 9.70. The van der Waals surface area contributed by atoms with E-state index in [9.17, 15) is 9.50 Å². The van der Waals surface area contributed by atoms with Gasteiger partial charge in [0.15, 0.2) is 11.6 Å². The van der Waals surface area contributed by atoms with E-state index in [0.29, 0.717) is 31.2 Å². The standard InChI is InChI=1S/C30H34FN7O2/c1-5-24(32-16-21(4)35-25-11-9-22(10-12-25)23-7-6-8-26(39)15-23)17-34-37-30-33-18-27(31)29(36-30)38-13-14-40-19-28(38)20(2)3/h5-12,15-18,20,28,34,39H,1,13-14,19H2,2-4H3,(H,33,36,37). The number of aromatic hydroxyl groups is 1. The summed E-state index contributed by atoms with van der Waals surface area (Å²) in [4.78, 5) is 19.4. The molecule has 40 heavy (non-hydrogen) atoms. The van der Waals surface area contributed by atoms with E-state index in [-0.39, 0.29) is 29.5 Å². The first kappa shape index (κ1) is 28.4. The molecule has 2 aromatic carbocycles. The molecule has 0 radical (unpaired) electrons. The molecule has 0 bridgehead atoms. The molecule has 10 heteroatoms. The SMILES string of the molecule is C=CC(=CNNc1ncc(F)c(N2CCOCC2C(C)C)n1)N=CC(C)=Nc1ccc(-c2cccc(O)c2)cc1. The highest BCUT2D eigenvalue weighted by Crippen LogP contribution is 2.26. The molecular weight excluding hydrogens is 509 g/mol. The fourth-order valence-corrected chi connectivity index (χ4v) is 4.20. The van der Waals surface area contributed by atoms with Crippen molar-refractivity contribution < 1.29 is 14.2 Å². The summed E-state index contributed by atoms with van der Waals surface area (Å²) >= 11 is 0. The van der Waals surface area contributed by atoms with Crippen molar-refractivity contribution >= 4 is 29.4 Å². The Bertz CT molecular complexity index is 1400. The zero-order chi connectivity index (χ0) is 28.5. The predicted molar refractivity (Wildman–Crippen MR) is 159 cm³/mol. The number of hydrazine groups is 1. The normalized spacial score (nSPS) is 16.4. The molecule has 1 unspecified atom stereocenters. The molecule has 4 rings (SSSR count). The summed E-state index contributed by atoms with van der Waals surface area (Å²) in [6, 6.07) is 14.9. The van der Waals surface area contributed by atoms with Crippen LogP contribution in [0.3, 0.4) is 0 Å². The van der Waals surface area contributed by atoms with Crippen molar-refractivity contribution in [3.63, 3.8) is 0 Å². The van der Waals surface area contributed by atoms with Gasteiger partial charge in [0, 0.05) is 19.0 Å². The Morgan fingerprint density at radius 1 is 1.23 bits per heavy atom. The molecule has 0 saturated carbocycles. The van der Waals surface area contributed by atoms with Gasteiger partial charge >= 0.3 is 0 Å². The lowest BCUT2D eigenvalue weighted by molar-refractivity contribution is 0.0798. The number of aromatic nitrogens is 2. The van der Waals surface area contributed by atoms with Crippen molar-refractivity contribution in [1.82, 2.24) is 15.4 Å². The molecule has 1 saturated heterocycles. The van der Waals surface area contributed by atoms with Gasteiger partial charge in [0.2, 0.25) is 5.95 Å². The molecule has 3 aromatic rings. The first-order valence-corrected chi connectivity index (χ1v) is 13.0. The van der Waals surface area contributed by atoms with Crippen LogP contribution >= 0.6 is 0 Å². The molecule has 208 valence electrons. The van der Waals surface area contributed by atoms with Crippen LogP contribution in [0, 0.1) is 11.7 Å². The Morgan fingerprint density at radius 3 is 2.75 bits per heavy atom. The van der Waals surface area contributed by atoms with Crippen molar-refractivity contribution in [3.05, 3.63) is 85.1 Å². The highest BCUT2D eigenvalue weighted by atomic mass is 19.1. The highest BCUT2D eigenvalue weighted by molar-refractivity contribution is 6.30. The molecule has 9 nitrogen and oxygen atoms in total. The molecular formula is C30H34FN7O2. The number of morpholine rings is 1. The third-order valence-corrected chi connectivity index (χ3v) is 6.30. The number of benzene rings is 2. The Labute approximate surface area is 233 Å². The number of phenols is 1. The van der Waals surface area contributed by atoms with Gasteiger partial charge in [-0.05, 0) is 54.3 Å². The second-order valence-corrected chi connectivity index (χ2v) is 9.60. The maximum atomic E-state index is 14.6. The molecule has 3 N–H and O–H groups in total. The van der Waals surface area contributed by atoms with Crippen molar-refractivity contribution in [2.75, 3.05) is 30.1 Å². The molecule has 0 spiro atoms. The van der Waals surface area contributed by atoms with E-state index in [1.807, 2.05) is 48.2 Å². The van der Waals surface area contributed by atoms with Crippen molar-refractivity contribution in [3.8, 4) is 16.9 Å². The van der Waals surface area contributed by atoms with Gasteiger partial charge in [-0.1, -0.05) is 44.7 Å². The minimum absolute atomic E-state index is 0.0294. The van der Waals surface area contributed by atoms with E-state index in [1.165, 1.54) is 0 Å². The molecule has 1 fully saturated rings. The molecule has 0 aliphatic carbocycles. The summed E-state index contributed by atoms with van der Waals surface area (Å²) in [6.45, 7) is 11.4. The van der Waals surface area contributed by atoms with Crippen LogP contribution in [0.25, 0.3) is 11.1 Å². The number of aliphatic imine (C=N–C) groups is 2. The highest BCUT2D eigenvalue weighted by Gasteiger charge is 2.29. The van der Waals surface area contributed by atoms with Gasteiger partial charge in [0.25, 0.3) is 0 Å². The second kappa shape index (κ2) is 13.5. The predicted octanol–water partition coefficient (Wildman–Crippen LogP) is 5.66. The lowest BCUT2D eigenvalue weighted by Crippen LogP contribution is -2.49. The van der Waals surface area contributed by atoms with Gasteiger partial charge in [-0.15, -0.1) is 0 Å². The summed E-state index contributed by atoms with van der Waals surface area (Å²) in [5.41, 5.74) is 9.69. The fraction of sp³-hybridized carbons (Fsp3) is 0.267. The van der Waals surface area contributed by atoms with E-state index in [0.717, 1.165) is 23.0 Å². The van der Waals surface area contributed by atoms with E-state index in [2.05, 4.69) is 51.2 Å². The number of halogens is 1. The molecule has 1 atom stereocenters. The minimum Gasteiger partial charge on any atom is -0.508 e. The van der Waals surface area contributed by atoms with Crippen LogP contribution in [0.2, 0.25) is 0 Å². The number of allylic oxidation sites excluding steroid dienone is 1. The number of phenolic OH excluding ortho intramolecular Hbond substituents is 1. The zero-order valence-electron chi connectivity index (χ0n) is 22.9. The smallest absolute Gasteiger partial charge is 0.243 e. The van der Waals surface area contributed by atoms with E-state index in [1.54, 1.807) is 30.6 Å². The Balaban J connectivity index is 1.37. The first-order chi connectivity index (χ1) is 19.3. The van der Waals surface area contributed by atoms with Gasteiger partial charge in [0.05, 0.1) is 42.5 Å². The monoisotopic (exact) mass is 543 g/mol. The van der Waals surface area contributed by atoms with Crippen LogP contribution in [0.5, 0.6) is 5.75 Å². The number of nitrogens with one attached hydrogen (secondary N) is 2. The molecule has 1 aliphatic heterocycles. The third kappa shape index (κ3) is 7.51. The summed E-state index contributed by atoms with van der Waals surface area (Å²) in [5.74, 6) is 0.491. The van der Waals surface area contributed by atoms with Crippen LogP contribution in [-0.2, 0) is 4.74 Å². The zero-order valence-corrected chi connectivity index (χ0v) is 22.9. The van der Waals surface area contributed by atoms with Crippen molar-refractivity contribution in [2.45, 2.75) is 26.8 Å². The topological polar surface area (TPSA) is 107 Å². The Morgan fingerprint density at radius 2 is 2.02 bits per heavy atom. The van der Waals surface area contributed by atoms with Crippen LogP contribution < -0.4 is 15.8 Å². The first-order valence-electron chi connectivity index (χ1n) is 13.0. The summed E-state index contributed by atoms with van der Waals surface area (Å²) in [6.07, 6.45) is 5.97. The van der Waals surface area contributed by atoms with E-state index < -0.39 is 5.82 Å². The number of anilines is 2. The number of rotatable bonds is 10.